The maximum atomic E-state index is 2.34. The third-order valence-corrected chi connectivity index (χ3v) is 5.26. The molecular formula is C22H19NSi. The molecule has 0 amide bonds. The van der Waals surface area contributed by atoms with Crippen molar-refractivity contribution in [1.82, 2.24) is 0 Å². The molecule has 1 nitrogen and oxygen atoms in total. The van der Waals surface area contributed by atoms with Crippen molar-refractivity contribution in [3.8, 4) is 0 Å². The molecule has 0 aliphatic carbocycles. The third-order valence-electron chi connectivity index (χ3n) is 4.39. The van der Waals surface area contributed by atoms with E-state index in [-0.39, 0.29) is 0 Å². The summed E-state index contributed by atoms with van der Waals surface area (Å²) in [6.45, 7) is 0. The van der Waals surface area contributed by atoms with E-state index >= 15 is 0 Å². The van der Waals surface area contributed by atoms with Gasteiger partial charge in [0.05, 0.1) is 5.69 Å². The molecule has 116 valence electrons. The highest BCUT2D eigenvalue weighted by Gasteiger charge is 2.14. The largest absolute Gasteiger partial charge is 0.310 e. The van der Waals surface area contributed by atoms with Crippen LogP contribution in [0.3, 0.4) is 0 Å². The summed E-state index contributed by atoms with van der Waals surface area (Å²) in [6, 6.07) is 34.4. The number of nitrogens with zero attached hydrogens (tertiary/aromatic N) is 1. The predicted molar refractivity (Wildman–Crippen MR) is 108 cm³/mol. The molecule has 0 bridgehead atoms. The molecule has 2 heteroatoms. The predicted octanol–water partition coefficient (Wildman–Crippen LogP) is 4.30. The van der Waals surface area contributed by atoms with Crippen molar-refractivity contribution in [2.24, 2.45) is 0 Å². The fourth-order valence-corrected chi connectivity index (χ4v) is 3.81. The van der Waals surface area contributed by atoms with Gasteiger partial charge in [-0.05, 0) is 35.7 Å². The van der Waals surface area contributed by atoms with E-state index in [2.05, 4.69) is 102 Å². The summed E-state index contributed by atoms with van der Waals surface area (Å²) >= 11 is 0. The zero-order valence-corrected chi connectivity index (χ0v) is 15.7. The Morgan fingerprint density at radius 1 is 0.500 bits per heavy atom. The summed E-state index contributed by atoms with van der Waals surface area (Å²) in [7, 11) is 1.05. The zero-order chi connectivity index (χ0) is 16.4. The van der Waals surface area contributed by atoms with Crippen molar-refractivity contribution in [2.75, 3.05) is 4.90 Å². The van der Waals surface area contributed by atoms with E-state index in [1.165, 1.54) is 33.0 Å². The van der Waals surface area contributed by atoms with Gasteiger partial charge in [0, 0.05) is 27.0 Å². The van der Waals surface area contributed by atoms with Gasteiger partial charge in [-0.15, -0.1) is 0 Å². The highest BCUT2D eigenvalue weighted by molar-refractivity contribution is 6.39. The highest BCUT2D eigenvalue weighted by Crippen LogP contribution is 2.37. The van der Waals surface area contributed by atoms with Gasteiger partial charge in [0.2, 0.25) is 0 Å². The molecule has 4 aromatic rings. The Hall–Kier alpha value is -2.84. The van der Waals surface area contributed by atoms with Gasteiger partial charge in [-0.3, -0.25) is 0 Å². The second-order valence-electron chi connectivity index (χ2n) is 5.95. The van der Waals surface area contributed by atoms with Gasteiger partial charge < -0.3 is 4.90 Å². The average Bonchev–Trinajstić information content (AvgIpc) is 2.66. The van der Waals surface area contributed by atoms with Crippen LogP contribution in [0.1, 0.15) is 0 Å². The molecule has 0 radical (unpaired) electrons. The van der Waals surface area contributed by atoms with Crippen LogP contribution in [0, 0.1) is 0 Å². The molecule has 0 N–H and O–H groups in total. The monoisotopic (exact) mass is 325 g/mol. The van der Waals surface area contributed by atoms with Crippen molar-refractivity contribution in [3.05, 3.63) is 97.1 Å². The van der Waals surface area contributed by atoms with Crippen molar-refractivity contribution in [2.45, 2.75) is 0 Å². The summed E-state index contributed by atoms with van der Waals surface area (Å²) in [4.78, 5) is 2.34. The summed E-state index contributed by atoms with van der Waals surface area (Å²) in [6.07, 6.45) is 0. The summed E-state index contributed by atoms with van der Waals surface area (Å²) < 4.78 is 0. The molecule has 0 saturated heterocycles. The van der Waals surface area contributed by atoms with Crippen LogP contribution in [0.4, 0.5) is 17.1 Å². The first kappa shape index (κ1) is 14.7. The first-order valence-corrected chi connectivity index (χ1v) is 9.23. The Bertz CT molecular complexity index is 925. The second-order valence-corrected chi connectivity index (χ2v) is 7.03. The molecule has 0 spiro atoms. The molecule has 0 atom stereocenters. The molecule has 0 aliphatic rings. The topological polar surface area (TPSA) is 3.24 Å². The molecule has 4 rings (SSSR count). The zero-order valence-electron chi connectivity index (χ0n) is 13.7. The average molecular weight is 325 g/mol. The number of fused-ring (bicyclic) bond motifs is 1. The minimum Gasteiger partial charge on any atom is -0.310 e. The molecular weight excluding hydrogens is 306 g/mol. The van der Waals surface area contributed by atoms with Crippen LogP contribution >= 0.6 is 0 Å². The van der Waals surface area contributed by atoms with E-state index in [9.17, 15) is 0 Å². The third kappa shape index (κ3) is 2.61. The highest BCUT2D eigenvalue weighted by atomic mass is 28.1. The van der Waals surface area contributed by atoms with Crippen LogP contribution in [0.25, 0.3) is 10.8 Å². The number of rotatable bonds is 3. The van der Waals surface area contributed by atoms with Gasteiger partial charge in [0.15, 0.2) is 0 Å². The van der Waals surface area contributed by atoms with E-state index in [1.54, 1.807) is 0 Å². The first-order valence-electron chi connectivity index (χ1n) is 8.23. The smallest absolute Gasteiger partial charge is 0.0539 e. The number of anilines is 3. The molecule has 24 heavy (non-hydrogen) atoms. The van der Waals surface area contributed by atoms with Crippen molar-refractivity contribution in [1.29, 1.82) is 0 Å². The Morgan fingerprint density at radius 3 is 1.58 bits per heavy atom. The summed E-state index contributed by atoms with van der Waals surface area (Å²) in [5, 5.41) is 4.10. The fraction of sp³-hybridized carbons (Fsp3) is 0. The van der Waals surface area contributed by atoms with Gasteiger partial charge >= 0.3 is 0 Å². The first-order chi connectivity index (χ1) is 11.8. The molecule has 0 aromatic heterocycles. The van der Waals surface area contributed by atoms with Gasteiger partial charge in [-0.2, -0.15) is 0 Å². The Labute approximate surface area is 145 Å². The fourth-order valence-electron chi connectivity index (χ4n) is 3.21. The maximum absolute atomic E-state index is 2.34. The molecule has 0 saturated carbocycles. The minimum atomic E-state index is 1.05. The van der Waals surface area contributed by atoms with Crippen LogP contribution in [0.2, 0.25) is 0 Å². The lowest BCUT2D eigenvalue weighted by molar-refractivity contribution is 1.30. The van der Waals surface area contributed by atoms with E-state index in [0.29, 0.717) is 0 Å². The van der Waals surface area contributed by atoms with Crippen LogP contribution in [-0.4, -0.2) is 10.2 Å². The second kappa shape index (κ2) is 6.34. The lowest BCUT2D eigenvalue weighted by Crippen LogP contribution is -2.13. The molecule has 4 aromatic carbocycles. The van der Waals surface area contributed by atoms with Crippen molar-refractivity contribution >= 4 is 43.3 Å². The van der Waals surface area contributed by atoms with Crippen molar-refractivity contribution < 1.29 is 0 Å². The Kier molecular flexibility index (Phi) is 3.89. The molecule has 0 fully saturated rings. The van der Waals surface area contributed by atoms with E-state index in [4.69, 9.17) is 0 Å². The summed E-state index contributed by atoms with van der Waals surface area (Å²) in [5.41, 5.74) is 3.58. The van der Waals surface area contributed by atoms with E-state index in [1.807, 2.05) is 0 Å². The van der Waals surface area contributed by atoms with Crippen LogP contribution in [-0.2, 0) is 0 Å². The molecule has 0 aliphatic heterocycles. The molecule has 0 heterocycles. The number of hydrogen-bond donors (Lipinski definition) is 0. The van der Waals surface area contributed by atoms with Gasteiger partial charge in [-0.1, -0.05) is 71.9 Å². The van der Waals surface area contributed by atoms with Gasteiger partial charge in [0.1, 0.15) is 0 Å². The van der Waals surface area contributed by atoms with Crippen LogP contribution in [0.5, 0.6) is 0 Å². The normalized spacial score (nSPS) is 10.8. The lowest BCUT2D eigenvalue weighted by atomic mass is 10.1. The van der Waals surface area contributed by atoms with Crippen LogP contribution < -0.4 is 10.1 Å². The molecule has 0 unspecified atom stereocenters. The van der Waals surface area contributed by atoms with E-state index in [0.717, 1.165) is 10.2 Å². The number of hydrogen-bond acceptors (Lipinski definition) is 1. The van der Waals surface area contributed by atoms with Crippen LogP contribution in [0.15, 0.2) is 97.1 Å². The summed E-state index contributed by atoms with van der Waals surface area (Å²) in [5.74, 6) is 0. The maximum Gasteiger partial charge on any atom is 0.0539 e. The quantitative estimate of drug-likeness (QED) is 0.508. The van der Waals surface area contributed by atoms with E-state index < -0.39 is 0 Å². The lowest BCUT2D eigenvalue weighted by Gasteiger charge is -2.27. The van der Waals surface area contributed by atoms with Crippen molar-refractivity contribution in [3.63, 3.8) is 0 Å². The van der Waals surface area contributed by atoms with Gasteiger partial charge in [0.25, 0.3) is 0 Å². The standard InChI is InChI=1S/C22H19NSi/c24-22-16-15-21(19-13-7-8-14-20(19)22)23(17-9-3-1-4-10-17)18-11-5-2-6-12-18/h1-16H,24H3. The van der Waals surface area contributed by atoms with Gasteiger partial charge in [-0.25, -0.2) is 0 Å². The SMILES string of the molecule is [SiH3]c1ccc(N(c2ccccc2)c2ccccc2)c2ccccc12. The number of para-hydroxylation sites is 2. The number of benzene rings is 4. The minimum absolute atomic E-state index is 1.05. The Morgan fingerprint density at radius 2 is 1.00 bits per heavy atom. The Balaban J connectivity index is 2.00.